The van der Waals surface area contributed by atoms with Gasteiger partial charge in [-0.05, 0) is 5.41 Å². The van der Waals surface area contributed by atoms with E-state index in [-0.39, 0.29) is 18.0 Å². The first kappa shape index (κ1) is 2.15. The van der Waals surface area contributed by atoms with Crippen LogP contribution in [0.1, 0.15) is 24.9 Å². The molecule has 0 spiro atoms. The summed E-state index contributed by atoms with van der Waals surface area (Å²) in [6, 6.07) is 0.0856. The van der Waals surface area contributed by atoms with Crippen LogP contribution in [0.25, 0.3) is 0 Å². The molecule has 0 nitrogen and oxygen atoms in total. The maximum Gasteiger partial charge on any atom is 0.0575 e. The van der Waals surface area contributed by atoms with Crippen LogP contribution in [0, 0.1) is 5.41 Å². The summed E-state index contributed by atoms with van der Waals surface area (Å²) >= 11 is 0. The van der Waals surface area contributed by atoms with Gasteiger partial charge >= 0.3 is 0 Å². The van der Waals surface area contributed by atoms with Crippen molar-refractivity contribution in [3.8, 4) is 0 Å². The summed E-state index contributed by atoms with van der Waals surface area (Å²) in [6.45, 7) is 5.07. The molecule has 0 aromatic carbocycles. The molecule has 0 aliphatic rings. The highest BCUT2D eigenvalue weighted by Crippen LogP contribution is 2.11. The van der Waals surface area contributed by atoms with E-state index in [0.717, 1.165) is 0 Å². The zero-order chi connectivity index (χ0) is 7.65. The van der Waals surface area contributed by atoms with Crippen LogP contribution in [0.4, 0.5) is 0 Å². The molecule has 0 bridgehead atoms. The van der Waals surface area contributed by atoms with E-state index in [1.54, 1.807) is 0 Å². The fraction of sp³-hybridized carbons (Fsp3) is 0.667. The molecule has 0 amide bonds. The summed E-state index contributed by atoms with van der Waals surface area (Å²) in [5.74, 6) is 0. The van der Waals surface area contributed by atoms with Crippen LogP contribution >= 0.6 is 0 Å². The van der Waals surface area contributed by atoms with E-state index in [1.165, 1.54) is 0 Å². The summed E-state index contributed by atoms with van der Waals surface area (Å²) < 4.78 is 20.8. The lowest BCUT2D eigenvalue weighted by Crippen LogP contribution is -1.96. The summed E-state index contributed by atoms with van der Waals surface area (Å²) in [4.78, 5) is 0. The molecule has 0 saturated heterocycles. The Labute approximate surface area is 44.1 Å². The maximum atomic E-state index is 7.18. The van der Waals surface area contributed by atoms with Gasteiger partial charge in [0.25, 0.3) is 0 Å². The van der Waals surface area contributed by atoms with E-state index in [9.17, 15) is 0 Å². The third-order valence-corrected chi connectivity index (χ3v) is 0.375. The van der Waals surface area contributed by atoms with E-state index in [4.69, 9.17) is 4.11 Å². The molecule has 0 N–H and O–H groups in total. The van der Waals surface area contributed by atoms with Crippen molar-refractivity contribution in [2.24, 2.45) is 5.41 Å². The molecule has 0 unspecified atom stereocenters. The second-order valence-electron chi connectivity index (χ2n) is 2.38. The topological polar surface area (TPSA) is 0 Å². The molecule has 0 fully saturated rings. The molecule has 0 saturated carbocycles. The van der Waals surface area contributed by atoms with Crippen molar-refractivity contribution < 1.29 is 4.11 Å². The predicted molar refractivity (Wildman–Crippen MR) is 29.7 cm³/mol. The van der Waals surface area contributed by atoms with Gasteiger partial charge < -0.3 is 0 Å². The van der Waals surface area contributed by atoms with Crippen LogP contribution in [0.15, 0.2) is 12.6 Å². The molecule has 0 radical (unpaired) electrons. The Hall–Kier alpha value is -0.260. The van der Waals surface area contributed by atoms with E-state index in [2.05, 4.69) is 0 Å². The smallest absolute Gasteiger partial charge is 0.0575 e. The van der Waals surface area contributed by atoms with E-state index in [0.29, 0.717) is 0 Å². The van der Waals surface area contributed by atoms with Gasteiger partial charge in [-0.3, -0.25) is 0 Å². The molecule has 0 aromatic heterocycles. The third-order valence-electron chi connectivity index (χ3n) is 0.375. The maximum absolute atomic E-state index is 7.18. The average molecular weight is 87.2 g/mol. The van der Waals surface area contributed by atoms with Crippen LogP contribution in [0.3, 0.4) is 0 Å². The van der Waals surface area contributed by atoms with Gasteiger partial charge in [-0.1, -0.05) is 26.8 Å². The normalized spacial score (nSPS) is 17.5. The van der Waals surface area contributed by atoms with Gasteiger partial charge in [0, 0.05) is 0 Å². The first-order chi connectivity index (χ1) is 3.85. The Balaban J connectivity index is 4.40. The van der Waals surface area contributed by atoms with Gasteiger partial charge in [-0.2, -0.15) is 0 Å². The van der Waals surface area contributed by atoms with Crippen molar-refractivity contribution in [1.29, 1.82) is 0 Å². The minimum absolute atomic E-state index is 0.0856. The average Bonchev–Trinajstić information content (AvgIpc) is 1.62. The van der Waals surface area contributed by atoms with Crippen molar-refractivity contribution in [2.75, 3.05) is 0 Å². The molecule has 0 atom stereocenters. The molecular formula is C6H12. The Kier molecular flexibility index (Phi) is 0.524. The summed E-state index contributed by atoms with van der Waals surface area (Å²) in [5.41, 5.74) is -0.348. The monoisotopic (exact) mass is 87.1 g/mol. The predicted octanol–water partition coefficient (Wildman–Crippen LogP) is 2.22. The Morgan fingerprint density at radius 3 is 2.33 bits per heavy atom. The van der Waals surface area contributed by atoms with Gasteiger partial charge in [0.1, 0.15) is 0 Å². The molecule has 36 valence electrons. The Morgan fingerprint density at radius 1 is 1.83 bits per heavy atom. The van der Waals surface area contributed by atoms with Gasteiger partial charge in [0.2, 0.25) is 0 Å². The highest BCUT2D eigenvalue weighted by molar-refractivity contribution is 4.82. The van der Waals surface area contributed by atoms with Crippen molar-refractivity contribution in [3.05, 3.63) is 12.6 Å². The molecule has 0 aliphatic heterocycles. The molecular weight excluding hydrogens is 72.1 g/mol. The fourth-order valence-electron chi connectivity index (χ4n) is 0. The van der Waals surface area contributed by atoms with Crippen LogP contribution in [0.2, 0.25) is 0 Å². The minimum Gasteiger partial charge on any atom is -0.103 e. The molecule has 0 heteroatoms. The van der Waals surface area contributed by atoms with Crippen LogP contribution in [-0.2, 0) is 0 Å². The summed E-state index contributed by atoms with van der Waals surface area (Å²) in [5, 5.41) is 0. The van der Waals surface area contributed by atoms with Gasteiger partial charge in [0.05, 0.1) is 4.11 Å². The van der Waals surface area contributed by atoms with Crippen LogP contribution < -0.4 is 0 Å². The fourth-order valence-corrected chi connectivity index (χ4v) is 0. The third kappa shape index (κ3) is 3.74. The highest BCUT2D eigenvalue weighted by Gasteiger charge is 1.99. The van der Waals surface area contributed by atoms with E-state index < -0.39 is 0 Å². The minimum atomic E-state index is -0.387. The highest BCUT2D eigenvalue weighted by atomic mass is 14.0. The first-order valence-corrected chi connectivity index (χ1v) is 2.00. The van der Waals surface area contributed by atoms with Crippen LogP contribution in [-0.4, -0.2) is 0 Å². The quantitative estimate of drug-likeness (QED) is 0.397. The van der Waals surface area contributed by atoms with Crippen molar-refractivity contribution in [1.82, 2.24) is 0 Å². The number of hydrogen-bond donors (Lipinski definition) is 0. The Morgan fingerprint density at radius 2 is 2.33 bits per heavy atom. The second kappa shape index (κ2) is 1.46. The standard InChI is InChI=1S/C6H12/c1-5-6(2,3)4/h5H,1H2,2-4H3/i1D2,5D. The van der Waals surface area contributed by atoms with Crippen LogP contribution in [0.5, 0.6) is 0 Å². The largest absolute Gasteiger partial charge is 0.103 e. The van der Waals surface area contributed by atoms with E-state index >= 15 is 0 Å². The first-order valence-electron chi connectivity index (χ1n) is 3.50. The lowest BCUT2D eigenvalue weighted by Gasteiger charge is -2.08. The summed E-state index contributed by atoms with van der Waals surface area (Å²) in [7, 11) is 0. The van der Waals surface area contributed by atoms with Gasteiger partial charge in [-0.15, -0.1) is 6.53 Å². The van der Waals surface area contributed by atoms with Crippen molar-refractivity contribution in [3.63, 3.8) is 0 Å². The zero-order valence-electron chi connectivity index (χ0n) is 7.50. The summed E-state index contributed by atoms with van der Waals surface area (Å²) in [6.07, 6.45) is 0. The molecule has 0 heterocycles. The number of hydrogen-bond acceptors (Lipinski definition) is 0. The molecule has 0 aliphatic carbocycles. The zero-order valence-corrected chi connectivity index (χ0v) is 4.50. The van der Waals surface area contributed by atoms with Crippen molar-refractivity contribution >= 4 is 0 Å². The number of rotatable bonds is 0. The lowest BCUT2D eigenvalue weighted by atomic mass is 9.98. The lowest BCUT2D eigenvalue weighted by molar-refractivity contribution is 0.546. The SMILES string of the molecule is [2H]C([2H])=C([2H])C(C)(C)C. The molecule has 0 aromatic rings. The molecule has 6 heavy (non-hydrogen) atoms. The second-order valence-corrected chi connectivity index (χ2v) is 2.38. The van der Waals surface area contributed by atoms with E-state index in [1.807, 2.05) is 20.8 Å². The molecule has 0 rings (SSSR count). The van der Waals surface area contributed by atoms with Gasteiger partial charge in [0.15, 0.2) is 0 Å². The van der Waals surface area contributed by atoms with Crippen molar-refractivity contribution in [2.45, 2.75) is 20.8 Å². The Bertz CT molecular complexity index is 126. The number of allylic oxidation sites excluding steroid dienone is 1. The van der Waals surface area contributed by atoms with Gasteiger partial charge in [-0.25, -0.2) is 0 Å².